The molecule has 2 rings (SSSR count). The molecule has 0 fully saturated rings. The molecule has 0 unspecified atom stereocenters. The van der Waals surface area contributed by atoms with Crippen LogP contribution in [0.4, 0.5) is 5.69 Å². The standard InChI is InChI=1S/C22H30N2O4/c1-15(2)17-8-6-16(7-9-17)10-11-23-21(25)14-24-18-12-19(26-3)22(28-5)20(13-18)27-4/h6-9,12-13,15,24H,10-11,14H2,1-5H3,(H,23,25). The molecule has 0 saturated carbocycles. The zero-order valence-electron chi connectivity index (χ0n) is 17.3. The Hall–Kier alpha value is -2.89. The van der Waals surface area contributed by atoms with Crippen LogP contribution in [0.5, 0.6) is 17.2 Å². The zero-order chi connectivity index (χ0) is 20.5. The first-order chi connectivity index (χ1) is 13.5. The molecule has 0 aliphatic heterocycles. The molecule has 0 aliphatic rings. The smallest absolute Gasteiger partial charge is 0.239 e. The van der Waals surface area contributed by atoms with Crippen molar-refractivity contribution in [2.75, 3.05) is 39.7 Å². The van der Waals surface area contributed by atoms with E-state index in [4.69, 9.17) is 14.2 Å². The third-order valence-electron chi connectivity index (χ3n) is 4.50. The molecule has 6 heteroatoms. The lowest BCUT2D eigenvalue weighted by Crippen LogP contribution is -2.31. The second kappa shape index (κ2) is 10.4. The van der Waals surface area contributed by atoms with Crippen molar-refractivity contribution in [3.63, 3.8) is 0 Å². The molecule has 0 aromatic heterocycles. The minimum absolute atomic E-state index is 0.0763. The van der Waals surface area contributed by atoms with Gasteiger partial charge in [0.2, 0.25) is 11.7 Å². The number of carbonyl (C=O) groups excluding carboxylic acids is 1. The van der Waals surface area contributed by atoms with Crippen molar-refractivity contribution in [2.45, 2.75) is 26.2 Å². The first kappa shape index (κ1) is 21.4. The van der Waals surface area contributed by atoms with Crippen molar-refractivity contribution in [1.82, 2.24) is 5.32 Å². The summed E-state index contributed by atoms with van der Waals surface area (Å²) in [7, 11) is 4.67. The molecule has 0 atom stereocenters. The van der Waals surface area contributed by atoms with Crippen molar-refractivity contribution in [2.24, 2.45) is 0 Å². The van der Waals surface area contributed by atoms with Crippen LogP contribution in [0.2, 0.25) is 0 Å². The number of rotatable bonds is 10. The molecule has 2 aromatic carbocycles. The summed E-state index contributed by atoms with van der Waals surface area (Å²) in [6.07, 6.45) is 0.800. The van der Waals surface area contributed by atoms with Crippen LogP contribution in [0.15, 0.2) is 36.4 Å². The Labute approximate surface area is 167 Å². The lowest BCUT2D eigenvalue weighted by molar-refractivity contribution is -0.119. The third-order valence-corrected chi connectivity index (χ3v) is 4.50. The maximum atomic E-state index is 12.1. The second-order valence-corrected chi connectivity index (χ2v) is 6.76. The molecule has 1 amide bonds. The molecule has 0 bridgehead atoms. The van der Waals surface area contributed by atoms with Crippen LogP contribution in [0.25, 0.3) is 0 Å². The highest BCUT2D eigenvalue weighted by atomic mass is 16.5. The maximum Gasteiger partial charge on any atom is 0.239 e. The van der Waals surface area contributed by atoms with Crippen LogP contribution in [-0.4, -0.2) is 40.3 Å². The van der Waals surface area contributed by atoms with Crippen LogP contribution >= 0.6 is 0 Å². The number of hydrogen-bond acceptors (Lipinski definition) is 5. The molecule has 0 radical (unpaired) electrons. The molecule has 0 aliphatic carbocycles. The topological polar surface area (TPSA) is 68.8 Å². The summed E-state index contributed by atoms with van der Waals surface area (Å²) >= 11 is 0. The van der Waals surface area contributed by atoms with Crippen molar-refractivity contribution in [3.05, 3.63) is 47.5 Å². The van der Waals surface area contributed by atoms with Gasteiger partial charge in [-0.15, -0.1) is 0 Å². The largest absolute Gasteiger partial charge is 0.493 e. The van der Waals surface area contributed by atoms with Gasteiger partial charge in [0.25, 0.3) is 0 Å². The summed E-state index contributed by atoms with van der Waals surface area (Å²) in [4.78, 5) is 12.1. The number of anilines is 1. The minimum atomic E-state index is -0.0763. The van der Waals surface area contributed by atoms with Crippen LogP contribution in [-0.2, 0) is 11.2 Å². The van der Waals surface area contributed by atoms with Gasteiger partial charge in [-0.25, -0.2) is 0 Å². The van der Waals surface area contributed by atoms with E-state index in [-0.39, 0.29) is 12.5 Å². The van der Waals surface area contributed by atoms with Crippen molar-refractivity contribution < 1.29 is 19.0 Å². The van der Waals surface area contributed by atoms with Gasteiger partial charge in [-0.2, -0.15) is 0 Å². The Morgan fingerprint density at radius 1 is 0.964 bits per heavy atom. The lowest BCUT2D eigenvalue weighted by atomic mass is 10.0. The van der Waals surface area contributed by atoms with Gasteiger partial charge in [-0.1, -0.05) is 38.1 Å². The average Bonchev–Trinajstić information content (AvgIpc) is 2.71. The highest BCUT2D eigenvalue weighted by molar-refractivity contribution is 5.81. The monoisotopic (exact) mass is 386 g/mol. The number of hydrogen-bond donors (Lipinski definition) is 2. The summed E-state index contributed by atoms with van der Waals surface area (Å²) in [5.41, 5.74) is 3.25. The fourth-order valence-electron chi connectivity index (χ4n) is 2.84. The van der Waals surface area contributed by atoms with Gasteiger partial charge in [0.15, 0.2) is 11.5 Å². The lowest BCUT2D eigenvalue weighted by Gasteiger charge is -2.15. The minimum Gasteiger partial charge on any atom is -0.493 e. The van der Waals surface area contributed by atoms with Gasteiger partial charge in [-0.05, 0) is 23.5 Å². The van der Waals surface area contributed by atoms with Crippen LogP contribution in [0, 0.1) is 0 Å². The van der Waals surface area contributed by atoms with E-state index in [0.29, 0.717) is 35.4 Å². The molecule has 0 spiro atoms. The van der Waals surface area contributed by atoms with E-state index in [0.717, 1.165) is 6.42 Å². The number of amides is 1. The highest BCUT2D eigenvalue weighted by Crippen LogP contribution is 2.39. The molecule has 0 heterocycles. The van der Waals surface area contributed by atoms with Crippen molar-refractivity contribution in [3.8, 4) is 17.2 Å². The van der Waals surface area contributed by atoms with Gasteiger partial charge >= 0.3 is 0 Å². The van der Waals surface area contributed by atoms with E-state index in [1.807, 2.05) is 0 Å². The fraction of sp³-hybridized carbons (Fsp3) is 0.409. The van der Waals surface area contributed by atoms with Crippen LogP contribution in [0.3, 0.4) is 0 Å². The molecule has 0 saturated heterocycles. The Bertz CT molecular complexity index is 748. The summed E-state index contributed by atoms with van der Waals surface area (Å²) in [6.45, 7) is 5.11. The maximum absolute atomic E-state index is 12.1. The van der Waals surface area contributed by atoms with E-state index in [9.17, 15) is 4.79 Å². The summed E-state index contributed by atoms with van der Waals surface area (Å²) < 4.78 is 15.9. The molecular formula is C22H30N2O4. The molecule has 2 N–H and O–H groups in total. The highest BCUT2D eigenvalue weighted by Gasteiger charge is 2.13. The number of nitrogens with one attached hydrogen (secondary N) is 2. The van der Waals surface area contributed by atoms with E-state index in [2.05, 4.69) is 48.7 Å². The number of benzene rings is 2. The van der Waals surface area contributed by atoms with Gasteiger partial charge < -0.3 is 24.8 Å². The van der Waals surface area contributed by atoms with Gasteiger partial charge in [0, 0.05) is 24.4 Å². The van der Waals surface area contributed by atoms with E-state index in [1.165, 1.54) is 11.1 Å². The Balaban J connectivity index is 1.83. The summed E-state index contributed by atoms with van der Waals surface area (Å²) in [6, 6.07) is 12.1. The van der Waals surface area contributed by atoms with Crippen molar-refractivity contribution >= 4 is 11.6 Å². The quantitative estimate of drug-likeness (QED) is 0.653. The van der Waals surface area contributed by atoms with Crippen molar-refractivity contribution in [1.29, 1.82) is 0 Å². The normalized spacial score (nSPS) is 10.5. The SMILES string of the molecule is COc1cc(NCC(=O)NCCc2ccc(C(C)C)cc2)cc(OC)c1OC. The molecule has 28 heavy (non-hydrogen) atoms. The first-order valence-corrected chi connectivity index (χ1v) is 9.37. The van der Waals surface area contributed by atoms with E-state index >= 15 is 0 Å². The Kier molecular flexibility index (Phi) is 7.99. The van der Waals surface area contributed by atoms with Gasteiger partial charge in [0.05, 0.1) is 27.9 Å². The average molecular weight is 386 g/mol. The Morgan fingerprint density at radius 2 is 1.57 bits per heavy atom. The van der Waals surface area contributed by atoms with Gasteiger partial charge in [0.1, 0.15) is 0 Å². The predicted octanol–water partition coefficient (Wildman–Crippen LogP) is 3.61. The first-order valence-electron chi connectivity index (χ1n) is 9.37. The summed E-state index contributed by atoms with van der Waals surface area (Å²) in [5, 5.41) is 6.02. The molecule has 6 nitrogen and oxygen atoms in total. The molecule has 2 aromatic rings. The number of carbonyl (C=O) groups is 1. The third kappa shape index (κ3) is 5.81. The molecule has 152 valence electrons. The van der Waals surface area contributed by atoms with Gasteiger partial charge in [-0.3, -0.25) is 4.79 Å². The second-order valence-electron chi connectivity index (χ2n) is 6.76. The summed E-state index contributed by atoms with van der Waals surface area (Å²) in [5.74, 6) is 2.04. The Morgan fingerprint density at radius 3 is 2.07 bits per heavy atom. The molecular weight excluding hydrogens is 356 g/mol. The van der Waals surface area contributed by atoms with Crippen LogP contribution < -0.4 is 24.8 Å². The fourth-order valence-corrected chi connectivity index (χ4v) is 2.84. The van der Waals surface area contributed by atoms with Crippen LogP contribution in [0.1, 0.15) is 30.9 Å². The van der Waals surface area contributed by atoms with E-state index in [1.54, 1.807) is 33.5 Å². The number of ether oxygens (including phenoxy) is 3. The predicted molar refractivity (Wildman–Crippen MR) is 112 cm³/mol. The van der Waals surface area contributed by atoms with E-state index < -0.39 is 0 Å². The zero-order valence-corrected chi connectivity index (χ0v) is 17.3. The number of methoxy groups -OCH3 is 3.